The molecule has 1 fully saturated rings. The SMILES string of the molecule is O=C1NC(=O)N(c2cc3c4c(c2)[C@H](c2ccccc2)CCN4CC[C@@H]3c2ccccc2)C(=O)/C1=C/c1cc(Cl)ccc1OCc1ccc(F)cc1. The van der Waals surface area contributed by atoms with E-state index < -0.39 is 17.8 Å². The third-order valence-electron chi connectivity index (χ3n) is 9.94. The summed E-state index contributed by atoms with van der Waals surface area (Å²) >= 11 is 6.36. The number of amides is 4. The second-order valence-corrected chi connectivity index (χ2v) is 13.5. The smallest absolute Gasteiger partial charge is 0.335 e. The Kier molecular flexibility index (Phi) is 8.61. The van der Waals surface area contributed by atoms with E-state index in [1.165, 1.54) is 18.2 Å². The summed E-state index contributed by atoms with van der Waals surface area (Å²) in [6.45, 7) is 1.91. The maximum absolute atomic E-state index is 14.4. The number of rotatable bonds is 7. The minimum absolute atomic E-state index is 0.0533. The lowest BCUT2D eigenvalue weighted by Gasteiger charge is -2.44. The van der Waals surface area contributed by atoms with Crippen molar-refractivity contribution in [2.45, 2.75) is 31.3 Å². The van der Waals surface area contributed by atoms with E-state index in [4.69, 9.17) is 16.3 Å². The molecule has 0 aromatic heterocycles. The van der Waals surface area contributed by atoms with Gasteiger partial charge in [-0.3, -0.25) is 14.9 Å². The number of nitrogens with one attached hydrogen (secondary N) is 1. The molecule has 3 aliphatic heterocycles. The topological polar surface area (TPSA) is 79.0 Å². The van der Waals surface area contributed by atoms with Gasteiger partial charge in [0.15, 0.2) is 0 Å². The summed E-state index contributed by atoms with van der Waals surface area (Å²) in [6, 6.07) is 34.4. The zero-order chi connectivity index (χ0) is 35.1. The Labute approximate surface area is 299 Å². The number of hydrogen-bond donors (Lipinski definition) is 1. The van der Waals surface area contributed by atoms with E-state index in [2.05, 4.69) is 34.5 Å². The third kappa shape index (κ3) is 6.28. The summed E-state index contributed by atoms with van der Waals surface area (Å²) in [5.41, 5.74) is 6.84. The molecule has 0 unspecified atom stereocenters. The summed E-state index contributed by atoms with van der Waals surface area (Å²) in [6.07, 6.45) is 3.16. The molecule has 3 heterocycles. The summed E-state index contributed by atoms with van der Waals surface area (Å²) in [4.78, 5) is 44.8. The summed E-state index contributed by atoms with van der Waals surface area (Å²) in [7, 11) is 0. The first kappa shape index (κ1) is 32.5. The molecule has 3 aliphatic rings. The normalized spacial score (nSPS) is 19.2. The van der Waals surface area contributed by atoms with Crippen molar-refractivity contribution in [2.75, 3.05) is 22.9 Å². The largest absolute Gasteiger partial charge is 0.488 e. The van der Waals surface area contributed by atoms with Crippen LogP contribution in [0.3, 0.4) is 0 Å². The molecular weight excluding hydrogens is 665 g/mol. The number of urea groups is 1. The second kappa shape index (κ2) is 13.5. The van der Waals surface area contributed by atoms with Gasteiger partial charge in [0.2, 0.25) is 0 Å². The number of benzene rings is 5. The van der Waals surface area contributed by atoms with Gasteiger partial charge in [-0.1, -0.05) is 84.4 Å². The van der Waals surface area contributed by atoms with Crippen molar-refractivity contribution >= 4 is 46.9 Å². The van der Waals surface area contributed by atoms with Gasteiger partial charge in [0.05, 0.1) is 5.69 Å². The molecule has 8 rings (SSSR count). The molecule has 2 atom stereocenters. The fourth-order valence-electron chi connectivity index (χ4n) is 7.52. The van der Waals surface area contributed by atoms with Crippen molar-refractivity contribution in [3.05, 3.63) is 165 Å². The Bertz CT molecular complexity index is 2120. The zero-order valence-corrected chi connectivity index (χ0v) is 28.3. The molecule has 51 heavy (non-hydrogen) atoms. The Morgan fingerprint density at radius 1 is 0.784 bits per heavy atom. The van der Waals surface area contributed by atoms with Crippen LogP contribution in [-0.2, 0) is 16.2 Å². The van der Waals surface area contributed by atoms with E-state index in [1.807, 2.05) is 48.5 Å². The highest BCUT2D eigenvalue weighted by Gasteiger charge is 2.40. The molecule has 0 radical (unpaired) electrons. The number of carbonyl (C=O) groups is 3. The van der Waals surface area contributed by atoms with Gasteiger partial charge in [-0.15, -0.1) is 0 Å². The Morgan fingerprint density at radius 3 is 2.00 bits per heavy atom. The highest BCUT2D eigenvalue weighted by Crippen LogP contribution is 2.50. The highest BCUT2D eigenvalue weighted by atomic mass is 35.5. The number of imide groups is 2. The second-order valence-electron chi connectivity index (χ2n) is 13.0. The summed E-state index contributed by atoms with van der Waals surface area (Å²) in [5.74, 6) is -1.47. The van der Waals surface area contributed by atoms with Crippen molar-refractivity contribution in [3.8, 4) is 5.75 Å². The van der Waals surface area contributed by atoms with Crippen LogP contribution in [0.2, 0.25) is 5.02 Å². The van der Waals surface area contributed by atoms with E-state index in [-0.39, 0.29) is 29.8 Å². The van der Waals surface area contributed by atoms with Gasteiger partial charge >= 0.3 is 6.03 Å². The third-order valence-corrected chi connectivity index (χ3v) is 10.2. The number of nitrogens with zero attached hydrogens (tertiary/aromatic N) is 2. The fourth-order valence-corrected chi connectivity index (χ4v) is 7.70. The molecule has 1 saturated heterocycles. The molecule has 0 aliphatic carbocycles. The number of barbiturate groups is 1. The predicted octanol–water partition coefficient (Wildman–Crippen LogP) is 8.60. The van der Waals surface area contributed by atoms with Gasteiger partial charge in [-0.25, -0.2) is 14.1 Å². The van der Waals surface area contributed by atoms with Gasteiger partial charge < -0.3 is 9.64 Å². The van der Waals surface area contributed by atoms with Gasteiger partial charge in [-0.2, -0.15) is 0 Å². The average molecular weight is 698 g/mol. The lowest BCUT2D eigenvalue weighted by Crippen LogP contribution is -2.54. The maximum atomic E-state index is 14.4. The van der Waals surface area contributed by atoms with Crippen molar-refractivity contribution in [1.82, 2.24) is 5.32 Å². The van der Waals surface area contributed by atoms with Crippen LogP contribution in [0.15, 0.2) is 121 Å². The molecule has 5 aromatic carbocycles. The maximum Gasteiger partial charge on any atom is 0.335 e. The van der Waals surface area contributed by atoms with Crippen LogP contribution >= 0.6 is 11.6 Å². The molecule has 9 heteroatoms. The van der Waals surface area contributed by atoms with Crippen molar-refractivity contribution in [3.63, 3.8) is 0 Å². The first-order valence-corrected chi connectivity index (χ1v) is 17.3. The molecule has 0 spiro atoms. The van der Waals surface area contributed by atoms with E-state index >= 15 is 0 Å². The Hall–Kier alpha value is -5.73. The van der Waals surface area contributed by atoms with Crippen LogP contribution in [0.5, 0.6) is 5.75 Å². The molecule has 0 saturated carbocycles. The minimum Gasteiger partial charge on any atom is -0.488 e. The highest BCUT2D eigenvalue weighted by molar-refractivity contribution is 6.39. The summed E-state index contributed by atoms with van der Waals surface area (Å²) < 4.78 is 19.5. The number of hydrogen-bond acceptors (Lipinski definition) is 5. The van der Waals surface area contributed by atoms with E-state index in [0.29, 0.717) is 22.0 Å². The van der Waals surface area contributed by atoms with Crippen molar-refractivity contribution < 1.29 is 23.5 Å². The average Bonchev–Trinajstić information content (AvgIpc) is 3.14. The van der Waals surface area contributed by atoms with E-state index in [9.17, 15) is 18.8 Å². The molecule has 7 nitrogen and oxygen atoms in total. The molecule has 5 aromatic rings. The van der Waals surface area contributed by atoms with Crippen LogP contribution < -0.4 is 19.9 Å². The molecule has 254 valence electrons. The minimum atomic E-state index is -0.819. The number of ether oxygens (including phenoxy) is 1. The number of anilines is 2. The zero-order valence-electron chi connectivity index (χ0n) is 27.5. The fraction of sp³-hybridized carbons (Fsp3) is 0.167. The standard InChI is InChI=1S/C42H33ClFN3O4/c43-30-13-16-38(51-25-26-11-14-31(44)15-12-26)29(21-30)22-37-40(48)45-42(50)47(41(37)49)32-23-35-33(27-7-3-1-4-8-27)17-19-46-20-18-34(36(24-32)39(35)46)28-9-5-2-6-10-28/h1-16,21-24,33-34H,17-20,25H2,(H,45,48,50)/b37-22+/t33-,34+. The quantitative estimate of drug-likeness (QED) is 0.136. The van der Waals surface area contributed by atoms with Crippen molar-refractivity contribution in [1.29, 1.82) is 0 Å². The van der Waals surface area contributed by atoms with Crippen LogP contribution in [0, 0.1) is 5.82 Å². The van der Waals surface area contributed by atoms with Gasteiger partial charge in [0.25, 0.3) is 11.8 Å². The molecule has 4 amide bonds. The lowest BCUT2D eigenvalue weighted by molar-refractivity contribution is -0.122. The lowest BCUT2D eigenvalue weighted by atomic mass is 9.76. The van der Waals surface area contributed by atoms with E-state index in [0.717, 1.165) is 64.3 Å². The monoisotopic (exact) mass is 697 g/mol. The number of halogens is 2. The summed E-state index contributed by atoms with van der Waals surface area (Å²) in [5, 5.41) is 2.76. The van der Waals surface area contributed by atoms with Gasteiger partial charge in [-0.05, 0) is 89.2 Å². The van der Waals surface area contributed by atoms with Crippen LogP contribution in [0.1, 0.15) is 58.1 Å². The first-order valence-electron chi connectivity index (χ1n) is 16.9. The van der Waals surface area contributed by atoms with Crippen LogP contribution in [-0.4, -0.2) is 30.9 Å². The first-order chi connectivity index (χ1) is 24.8. The molecular formula is C42H33ClFN3O4. The van der Waals surface area contributed by atoms with Crippen molar-refractivity contribution in [2.24, 2.45) is 0 Å². The van der Waals surface area contributed by atoms with Gasteiger partial charge in [0, 0.05) is 41.2 Å². The number of carbonyl (C=O) groups excluding carboxylic acids is 3. The molecule has 1 N–H and O–H groups in total. The van der Waals surface area contributed by atoms with Gasteiger partial charge in [0.1, 0.15) is 23.7 Å². The molecule has 0 bridgehead atoms. The Morgan fingerprint density at radius 2 is 1.39 bits per heavy atom. The Balaban J connectivity index is 1.21. The van der Waals surface area contributed by atoms with E-state index in [1.54, 1.807) is 30.3 Å². The predicted molar refractivity (Wildman–Crippen MR) is 196 cm³/mol. The van der Waals surface area contributed by atoms with Crippen LogP contribution in [0.4, 0.5) is 20.6 Å². The van der Waals surface area contributed by atoms with Crippen LogP contribution in [0.25, 0.3) is 6.08 Å².